The summed E-state index contributed by atoms with van der Waals surface area (Å²) in [5.41, 5.74) is 1.63. The molecular weight excluding hydrogens is 406 g/mol. The molecule has 164 valence electrons. The number of aryl methyl sites for hydroxylation is 1. The molecule has 0 bridgehead atoms. The molecule has 0 radical (unpaired) electrons. The van der Waals surface area contributed by atoms with E-state index in [4.69, 9.17) is 9.26 Å². The van der Waals surface area contributed by atoms with Gasteiger partial charge in [0.2, 0.25) is 10.0 Å². The van der Waals surface area contributed by atoms with Crippen LogP contribution in [0.25, 0.3) is 0 Å². The highest BCUT2D eigenvalue weighted by molar-refractivity contribution is 7.88. The first-order chi connectivity index (χ1) is 14.5. The van der Waals surface area contributed by atoms with Crippen molar-refractivity contribution in [2.45, 2.75) is 19.1 Å². The first-order valence-corrected chi connectivity index (χ1v) is 11.6. The fourth-order valence-corrected chi connectivity index (χ4v) is 4.62. The highest BCUT2D eigenvalue weighted by Gasteiger charge is 2.28. The zero-order chi connectivity index (χ0) is 21.4. The van der Waals surface area contributed by atoms with E-state index in [9.17, 15) is 8.42 Å². The van der Waals surface area contributed by atoms with Crippen LogP contribution in [0.2, 0.25) is 0 Å². The number of rotatable bonds is 8. The zero-order valence-electron chi connectivity index (χ0n) is 17.5. The Balaban J connectivity index is 1.38. The first kappa shape index (κ1) is 22.1. The van der Waals surface area contributed by atoms with Crippen LogP contribution in [0, 0.1) is 6.92 Å². The van der Waals surface area contributed by atoms with Crippen molar-refractivity contribution in [2.75, 3.05) is 46.4 Å². The fraction of sp³-hybridized carbons (Fsp3) is 0.500. The molecule has 0 spiro atoms. The van der Waals surface area contributed by atoms with Crippen molar-refractivity contribution in [3.8, 4) is 5.75 Å². The summed E-state index contributed by atoms with van der Waals surface area (Å²) in [6.07, 6.45) is 2.21. The Kier molecular flexibility index (Phi) is 7.69. The molecular formula is C20H29N5O4S. The SMILES string of the molecule is CN=C(NCCCOc1ccc(C)cc1)N1CCN(S(=O)(=O)Cc2ccon2)CC1. The highest BCUT2D eigenvalue weighted by Crippen LogP contribution is 2.13. The number of benzene rings is 1. The van der Waals surface area contributed by atoms with Crippen molar-refractivity contribution < 1.29 is 17.7 Å². The number of aromatic nitrogens is 1. The van der Waals surface area contributed by atoms with Crippen LogP contribution >= 0.6 is 0 Å². The van der Waals surface area contributed by atoms with Gasteiger partial charge in [0.15, 0.2) is 5.96 Å². The van der Waals surface area contributed by atoms with Gasteiger partial charge in [-0.15, -0.1) is 0 Å². The Labute approximate surface area is 177 Å². The minimum absolute atomic E-state index is 0.141. The van der Waals surface area contributed by atoms with Crippen LogP contribution < -0.4 is 10.1 Å². The van der Waals surface area contributed by atoms with E-state index < -0.39 is 10.0 Å². The highest BCUT2D eigenvalue weighted by atomic mass is 32.2. The van der Waals surface area contributed by atoms with E-state index in [-0.39, 0.29) is 5.75 Å². The Hall–Kier alpha value is -2.59. The summed E-state index contributed by atoms with van der Waals surface area (Å²) in [6.45, 7) is 5.37. The van der Waals surface area contributed by atoms with Crippen LogP contribution in [0.3, 0.4) is 0 Å². The number of sulfonamides is 1. The maximum atomic E-state index is 12.5. The van der Waals surface area contributed by atoms with Gasteiger partial charge in [0.25, 0.3) is 0 Å². The summed E-state index contributed by atoms with van der Waals surface area (Å²) in [4.78, 5) is 6.40. The van der Waals surface area contributed by atoms with Gasteiger partial charge in [0.05, 0.1) is 12.3 Å². The number of guanidine groups is 1. The molecule has 1 saturated heterocycles. The number of piperazine rings is 1. The third kappa shape index (κ3) is 6.20. The summed E-state index contributed by atoms with van der Waals surface area (Å²) < 4.78 is 37.0. The molecule has 1 aromatic heterocycles. The van der Waals surface area contributed by atoms with Crippen LogP contribution in [0.5, 0.6) is 5.75 Å². The van der Waals surface area contributed by atoms with Gasteiger partial charge in [-0.1, -0.05) is 22.9 Å². The molecule has 0 unspecified atom stereocenters. The average molecular weight is 436 g/mol. The predicted octanol–water partition coefficient (Wildman–Crippen LogP) is 1.47. The molecule has 1 aliphatic heterocycles. The summed E-state index contributed by atoms with van der Waals surface area (Å²) in [5.74, 6) is 1.50. The van der Waals surface area contributed by atoms with Crippen LogP contribution in [0.4, 0.5) is 0 Å². The molecule has 0 saturated carbocycles. The quantitative estimate of drug-likeness (QED) is 0.381. The molecule has 2 heterocycles. The number of ether oxygens (including phenoxy) is 1. The van der Waals surface area contributed by atoms with E-state index in [2.05, 4.69) is 20.4 Å². The Morgan fingerprint density at radius 3 is 2.57 bits per heavy atom. The van der Waals surface area contributed by atoms with Crippen LogP contribution in [-0.4, -0.2) is 75.1 Å². The lowest BCUT2D eigenvalue weighted by atomic mass is 10.2. The maximum Gasteiger partial charge on any atom is 0.220 e. The van der Waals surface area contributed by atoms with Gasteiger partial charge in [-0.3, -0.25) is 4.99 Å². The molecule has 3 rings (SSSR count). The zero-order valence-corrected chi connectivity index (χ0v) is 18.3. The van der Waals surface area contributed by atoms with Crippen molar-refractivity contribution >= 4 is 16.0 Å². The van der Waals surface area contributed by atoms with Crippen LogP contribution in [0.1, 0.15) is 17.7 Å². The number of aliphatic imine (C=N–C) groups is 1. The molecule has 9 nitrogen and oxygen atoms in total. The lowest BCUT2D eigenvalue weighted by molar-refractivity contribution is 0.258. The maximum absolute atomic E-state index is 12.5. The van der Waals surface area contributed by atoms with Gasteiger partial charge in [-0.05, 0) is 25.5 Å². The summed E-state index contributed by atoms with van der Waals surface area (Å²) in [5, 5.41) is 7.02. The molecule has 1 fully saturated rings. The first-order valence-electron chi connectivity index (χ1n) is 10.00. The predicted molar refractivity (Wildman–Crippen MR) is 115 cm³/mol. The Bertz CT molecular complexity index is 905. The van der Waals surface area contributed by atoms with Gasteiger partial charge in [-0.2, -0.15) is 4.31 Å². The van der Waals surface area contributed by atoms with Crippen molar-refractivity contribution in [3.05, 3.63) is 47.9 Å². The molecule has 1 aliphatic rings. The number of nitrogens with one attached hydrogen (secondary N) is 1. The van der Waals surface area contributed by atoms with E-state index in [0.717, 1.165) is 24.7 Å². The number of nitrogens with zero attached hydrogens (tertiary/aromatic N) is 4. The van der Waals surface area contributed by atoms with Crippen LogP contribution in [0.15, 0.2) is 46.1 Å². The second kappa shape index (κ2) is 10.4. The van der Waals surface area contributed by atoms with E-state index in [0.29, 0.717) is 38.5 Å². The molecule has 0 amide bonds. The lowest BCUT2D eigenvalue weighted by Crippen LogP contribution is -2.54. The largest absolute Gasteiger partial charge is 0.494 e. The van der Waals surface area contributed by atoms with E-state index in [1.807, 2.05) is 31.2 Å². The fourth-order valence-electron chi connectivity index (χ4n) is 3.20. The number of hydrogen-bond donors (Lipinski definition) is 1. The van der Waals surface area contributed by atoms with Gasteiger partial charge in [0, 0.05) is 45.8 Å². The minimum atomic E-state index is -3.41. The smallest absolute Gasteiger partial charge is 0.220 e. The normalized spacial score (nSPS) is 15.9. The van der Waals surface area contributed by atoms with Crippen molar-refractivity contribution in [1.82, 2.24) is 19.7 Å². The van der Waals surface area contributed by atoms with Gasteiger partial charge in [-0.25, -0.2) is 8.42 Å². The average Bonchev–Trinajstić information content (AvgIpc) is 3.24. The van der Waals surface area contributed by atoms with E-state index in [1.54, 1.807) is 13.1 Å². The van der Waals surface area contributed by atoms with Gasteiger partial charge in [0.1, 0.15) is 17.8 Å². The van der Waals surface area contributed by atoms with Crippen molar-refractivity contribution in [2.24, 2.45) is 4.99 Å². The molecule has 2 aromatic rings. The standard InChI is InChI=1S/C20H29N5O4S/c1-17-4-6-19(7-5-17)28-14-3-9-22-20(21-2)24-10-12-25(13-11-24)30(26,27)16-18-8-15-29-23-18/h4-8,15H,3,9-14,16H2,1-2H3,(H,21,22). The van der Waals surface area contributed by atoms with Crippen molar-refractivity contribution in [3.63, 3.8) is 0 Å². The summed E-state index contributed by atoms with van der Waals surface area (Å²) in [7, 11) is -1.67. The molecule has 1 N–H and O–H groups in total. The third-order valence-corrected chi connectivity index (χ3v) is 6.67. The lowest BCUT2D eigenvalue weighted by Gasteiger charge is -2.35. The molecule has 30 heavy (non-hydrogen) atoms. The van der Waals surface area contributed by atoms with Gasteiger partial charge < -0.3 is 19.5 Å². The Morgan fingerprint density at radius 2 is 1.93 bits per heavy atom. The molecule has 0 aliphatic carbocycles. The molecule has 10 heteroatoms. The van der Waals surface area contributed by atoms with Crippen LogP contribution in [-0.2, 0) is 15.8 Å². The van der Waals surface area contributed by atoms with E-state index in [1.165, 1.54) is 16.1 Å². The van der Waals surface area contributed by atoms with Crippen molar-refractivity contribution in [1.29, 1.82) is 0 Å². The minimum Gasteiger partial charge on any atom is -0.494 e. The monoisotopic (exact) mass is 435 g/mol. The summed E-state index contributed by atoms with van der Waals surface area (Å²) in [6, 6.07) is 9.57. The second-order valence-electron chi connectivity index (χ2n) is 7.12. The molecule has 1 aromatic carbocycles. The Morgan fingerprint density at radius 1 is 1.20 bits per heavy atom. The van der Waals surface area contributed by atoms with E-state index >= 15 is 0 Å². The topological polar surface area (TPSA) is 100 Å². The summed E-state index contributed by atoms with van der Waals surface area (Å²) >= 11 is 0. The number of hydrogen-bond acceptors (Lipinski definition) is 6. The second-order valence-corrected chi connectivity index (χ2v) is 9.09. The third-order valence-electron chi connectivity index (χ3n) is 4.86. The van der Waals surface area contributed by atoms with Gasteiger partial charge >= 0.3 is 0 Å². The molecule has 0 atom stereocenters.